The second-order valence-corrected chi connectivity index (χ2v) is 11.4. The third-order valence-corrected chi connectivity index (χ3v) is 8.62. The summed E-state index contributed by atoms with van der Waals surface area (Å²) in [4.78, 5) is 15.2. The Labute approximate surface area is 198 Å². The van der Waals surface area contributed by atoms with Gasteiger partial charge in [-0.15, -0.1) is 10.2 Å². The highest BCUT2D eigenvalue weighted by Crippen LogP contribution is 2.37. The monoisotopic (exact) mass is 518 g/mol. The third kappa shape index (κ3) is 4.63. The molecule has 0 amide bonds. The third-order valence-electron chi connectivity index (χ3n) is 6.13. The van der Waals surface area contributed by atoms with Crippen molar-refractivity contribution in [3.63, 3.8) is 0 Å². The predicted octanol–water partition coefficient (Wildman–Crippen LogP) is 2.70. The summed E-state index contributed by atoms with van der Waals surface area (Å²) in [5.41, 5.74) is -1.02. The zero-order valence-electron chi connectivity index (χ0n) is 18.8. The standard InChI is InChI=1S/C20H25F3N6O3S2/c1-12(27(2)3)6-9-28-14-5-4-13(34(31,32)26-20(11-21)7-8-20)10-15(14)29(19(28)30)18-25-24-17(33-18)16(22)23/h4-5,10,12,16,26H,6-9,11H2,1-3H3. The molecule has 0 aliphatic heterocycles. The van der Waals surface area contributed by atoms with Crippen LogP contribution in [0.4, 0.5) is 13.2 Å². The molecule has 2 heterocycles. The average Bonchev–Trinajstić information content (AvgIpc) is 3.25. The molecule has 0 radical (unpaired) electrons. The Morgan fingerprint density at radius 3 is 2.50 bits per heavy atom. The van der Waals surface area contributed by atoms with Gasteiger partial charge in [0.1, 0.15) is 6.67 Å². The van der Waals surface area contributed by atoms with Crippen LogP contribution in [0.2, 0.25) is 0 Å². The molecular weight excluding hydrogens is 493 g/mol. The summed E-state index contributed by atoms with van der Waals surface area (Å²) < 4.78 is 70.3. The Bertz CT molecular complexity index is 1360. The van der Waals surface area contributed by atoms with Gasteiger partial charge in [-0.2, -0.15) is 0 Å². The molecule has 1 N–H and O–H groups in total. The number of nitrogens with one attached hydrogen (secondary N) is 1. The summed E-state index contributed by atoms with van der Waals surface area (Å²) in [6, 6.07) is 4.27. The molecule has 4 rings (SSSR count). The van der Waals surface area contributed by atoms with Crippen molar-refractivity contribution in [1.29, 1.82) is 0 Å². The van der Waals surface area contributed by atoms with Gasteiger partial charge in [-0.05, 0) is 58.5 Å². The summed E-state index contributed by atoms with van der Waals surface area (Å²) in [5.74, 6) is 0. The normalized spacial score (nSPS) is 16.6. The SMILES string of the molecule is CC(CCn1c(=O)n(-c2nnc(C(F)F)s2)c2cc(S(=O)(=O)NC3(CF)CC3)ccc21)N(C)C. The van der Waals surface area contributed by atoms with E-state index in [1.165, 1.54) is 22.8 Å². The van der Waals surface area contributed by atoms with Gasteiger partial charge in [-0.1, -0.05) is 11.3 Å². The fourth-order valence-corrected chi connectivity index (χ4v) is 5.71. The largest absolute Gasteiger partial charge is 0.335 e. The topological polar surface area (TPSA) is 102 Å². The van der Waals surface area contributed by atoms with Crippen LogP contribution in [0.25, 0.3) is 16.2 Å². The van der Waals surface area contributed by atoms with Crippen LogP contribution >= 0.6 is 11.3 Å². The Morgan fingerprint density at radius 1 is 1.24 bits per heavy atom. The van der Waals surface area contributed by atoms with Gasteiger partial charge >= 0.3 is 5.69 Å². The van der Waals surface area contributed by atoms with Gasteiger partial charge in [0.05, 0.1) is 21.5 Å². The lowest BCUT2D eigenvalue weighted by Crippen LogP contribution is -2.38. The Balaban J connectivity index is 1.84. The fourth-order valence-electron chi connectivity index (χ4n) is 3.54. The number of hydrogen-bond donors (Lipinski definition) is 1. The number of halogens is 3. The number of alkyl halides is 3. The maximum Gasteiger partial charge on any atom is 0.335 e. The van der Waals surface area contributed by atoms with Crippen LogP contribution in [-0.4, -0.2) is 65.0 Å². The van der Waals surface area contributed by atoms with Crippen molar-refractivity contribution in [1.82, 2.24) is 29.0 Å². The van der Waals surface area contributed by atoms with Crippen LogP contribution in [0.5, 0.6) is 0 Å². The number of hydrogen-bond acceptors (Lipinski definition) is 7. The van der Waals surface area contributed by atoms with Crippen LogP contribution in [0.3, 0.4) is 0 Å². The van der Waals surface area contributed by atoms with E-state index >= 15 is 0 Å². The van der Waals surface area contributed by atoms with E-state index in [2.05, 4.69) is 14.9 Å². The molecule has 34 heavy (non-hydrogen) atoms. The van der Waals surface area contributed by atoms with E-state index in [0.29, 0.717) is 42.7 Å². The van der Waals surface area contributed by atoms with Gasteiger partial charge in [0.15, 0.2) is 5.01 Å². The molecule has 9 nitrogen and oxygen atoms in total. The molecule has 0 spiro atoms. The van der Waals surface area contributed by atoms with Gasteiger partial charge in [0.25, 0.3) is 6.43 Å². The van der Waals surface area contributed by atoms with Crippen LogP contribution < -0.4 is 10.4 Å². The lowest BCUT2D eigenvalue weighted by Gasteiger charge is -2.19. The van der Waals surface area contributed by atoms with E-state index in [0.717, 1.165) is 4.57 Å². The Morgan fingerprint density at radius 2 is 1.94 bits per heavy atom. The van der Waals surface area contributed by atoms with Gasteiger partial charge in [0, 0.05) is 12.6 Å². The van der Waals surface area contributed by atoms with Gasteiger partial charge in [-0.3, -0.25) is 4.57 Å². The predicted molar refractivity (Wildman–Crippen MR) is 122 cm³/mol. The highest BCUT2D eigenvalue weighted by atomic mass is 32.2. The minimum atomic E-state index is -4.08. The molecule has 0 saturated heterocycles. The summed E-state index contributed by atoms with van der Waals surface area (Å²) in [5, 5.41) is 6.57. The number of fused-ring (bicyclic) bond motifs is 1. The second-order valence-electron chi connectivity index (χ2n) is 8.76. The minimum absolute atomic E-state index is 0.0883. The fraction of sp³-hybridized carbons (Fsp3) is 0.550. The molecule has 2 aromatic heterocycles. The Kier molecular flexibility index (Phi) is 6.61. The zero-order chi connectivity index (χ0) is 24.8. The average molecular weight is 519 g/mol. The van der Waals surface area contributed by atoms with Crippen molar-refractivity contribution in [2.75, 3.05) is 20.8 Å². The van der Waals surface area contributed by atoms with Crippen molar-refractivity contribution >= 4 is 32.4 Å². The highest BCUT2D eigenvalue weighted by Gasteiger charge is 2.46. The molecule has 1 fully saturated rings. The minimum Gasteiger partial charge on any atom is -0.307 e. The van der Waals surface area contributed by atoms with Gasteiger partial charge in [0.2, 0.25) is 15.2 Å². The molecule has 3 aromatic rings. The van der Waals surface area contributed by atoms with Crippen LogP contribution in [0.15, 0.2) is 27.9 Å². The molecule has 14 heteroatoms. The van der Waals surface area contributed by atoms with Gasteiger partial charge in [-0.25, -0.2) is 35.7 Å². The van der Waals surface area contributed by atoms with Crippen LogP contribution in [-0.2, 0) is 16.6 Å². The number of sulfonamides is 1. The number of imidazole rings is 1. The smallest absolute Gasteiger partial charge is 0.307 e. The van der Waals surface area contributed by atoms with E-state index in [1.807, 2.05) is 25.9 Å². The van der Waals surface area contributed by atoms with Crippen molar-refractivity contribution in [2.45, 2.75) is 55.6 Å². The number of nitrogens with zero attached hydrogens (tertiary/aromatic N) is 5. The number of benzene rings is 1. The van der Waals surface area contributed by atoms with Crippen molar-refractivity contribution in [3.05, 3.63) is 33.7 Å². The van der Waals surface area contributed by atoms with E-state index in [-0.39, 0.29) is 21.6 Å². The first-order valence-electron chi connectivity index (χ1n) is 10.6. The summed E-state index contributed by atoms with van der Waals surface area (Å²) in [6.45, 7) is 1.50. The van der Waals surface area contributed by atoms with E-state index in [4.69, 9.17) is 0 Å². The first kappa shape index (κ1) is 24.8. The molecule has 1 saturated carbocycles. The first-order valence-corrected chi connectivity index (χ1v) is 12.9. The van der Waals surface area contributed by atoms with Crippen LogP contribution in [0.1, 0.15) is 37.6 Å². The summed E-state index contributed by atoms with van der Waals surface area (Å²) in [7, 11) is -0.251. The summed E-state index contributed by atoms with van der Waals surface area (Å²) in [6.07, 6.45) is -1.44. The maximum atomic E-state index is 13.3. The molecule has 1 unspecified atom stereocenters. The lowest BCUT2D eigenvalue weighted by atomic mass is 10.2. The molecule has 1 aliphatic rings. The van der Waals surface area contributed by atoms with E-state index < -0.39 is 39.4 Å². The molecule has 1 aromatic carbocycles. The van der Waals surface area contributed by atoms with E-state index in [1.54, 1.807) is 0 Å². The number of aryl methyl sites for hydroxylation is 1. The highest BCUT2D eigenvalue weighted by molar-refractivity contribution is 7.89. The quantitative estimate of drug-likeness (QED) is 0.443. The van der Waals surface area contributed by atoms with Crippen molar-refractivity contribution < 1.29 is 21.6 Å². The molecular formula is C20H25F3N6O3S2. The van der Waals surface area contributed by atoms with E-state index in [9.17, 15) is 26.4 Å². The van der Waals surface area contributed by atoms with Crippen molar-refractivity contribution in [3.8, 4) is 5.13 Å². The molecule has 1 atom stereocenters. The molecule has 0 bridgehead atoms. The first-order chi connectivity index (χ1) is 16.0. The number of rotatable bonds is 10. The maximum absolute atomic E-state index is 13.3. The second kappa shape index (κ2) is 9.06. The summed E-state index contributed by atoms with van der Waals surface area (Å²) >= 11 is 0.557. The zero-order valence-corrected chi connectivity index (χ0v) is 20.5. The number of aromatic nitrogens is 4. The van der Waals surface area contributed by atoms with Crippen molar-refractivity contribution in [2.24, 2.45) is 0 Å². The lowest BCUT2D eigenvalue weighted by molar-refractivity contribution is 0.150. The molecule has 186 valence electrons. The molecule has 1 aliphatic carbocycles. The van der Waals surface area contributed by atoms with Crippen LogP contribution in [0, 0.1) is 0 Å². The van der Waals surface area contributed by atoms with Gasteiger partial charge < -0.3 is 4.90 Å². The Hall–Kier alpha value is -2.29.